The van der Waals surface area contributed by atoms with Crippen molar-refractivity contribution in [1.82, 2.24) is 9.55 Å². The Labute approximate surface area is 207 Å². The second-order valence-electron chi connectivity index (χ2n) is 8.70. The van der Waals surface area contributed by atoms with Crippen molar-refractivity contribution in [3.63, 3.8) is 0 Å². The fourth-order valence-electron chi connectivity index (χ4n) is 4.45. The number of carboxylic acid groups (broad SMARTS) is 1. The molecule has 1 aromatic heterocycles. The van der Waals surface area contributed by atoms with E-state index in [0.717, 1.165) is 41.8 Å². The lowest BCUT2D eigenvalue weighted by Gasteiger charge is -2.13. The molecule has 0 bridgehead atoms. The molecular weight excluding hydrogens is 472 g/mol. The first-order valence-corrected chi connectivity index (χ1v) is 11.9. The predicted octanol–water partition coefficient (Wildman–Crippen LogP) is 4.22. The summed E-state index contributed by atoms with van der Waals surface area (Å²) < 4.78 is 18.2. The van der Waals surface area contributed by atoms with Gasteiger partial charge in [0.15, 0.2) is 23.4 Å². The monoisotopic (exact) mass is 496 g/mol. The number of hydrogen-bond acceptors (Lipinski definition) is 6. The van der Waals surface area contributed by atoms with Crippen LogP contribution in [0.1, 0.15) is 52.0 Å². The van der Waals surface area contributed by atoms with Gasteiger partial charge in [-0.2, -0.15) is 0 Å². The van der Waals surface area contributed by atoms with E-state index in [1.54, 1.807) is 24.3 Å². The molecule has 0 amide bonds. The molecule has 0 unspecified atom stereocenters. The van der Waals surface area contributed by atoms with E-state index in [9.17, 15) is 9.59 Å². The van der Waals surface area contributed by atoms with Crippen LogP contribution in [0.15, 0.2) is 36.4 Å². The van der Waals surface area contributed by atoms with Crippen LogP contribution in [0, 0.1) is 0 Å². The topological polar surface area (TPSA) is 99.9 Å². The van der Waals surface area contributed by atoms with Gasteiger partial charge in [-0.3, -0.25) is 4.79 Å². The molecule has 2 aliphatic rings. The van der Waals surface area contributed by atoms with Gasteiger partial charge in [0.2, 0.25) is 12.6 Å². The molecular formula is C26H25ClN2O6. The molecule has 8 nitrogen and oxygen atoms in total. The zero-order valence-corrected chi connectivity index (χ0v) is 20.0. The molecule has 0 radical (unpaired) electrons. The van der Waals surface area contributed by atoms with Gasteiger partial charge in [0, 0.05) is 22.8 Å². The molecule has 2 heterocycles. The van der Waals surface area contributed by atoms with Gasteiger partial charge in [0.1, 0.15) is 0 Å². The van der Waals surface area contributed by atoms with Crippen molar-refractivity contribution in [3.8, 4) is 11.5 Å². The van der Waals surface area contributed by atoms with E-state index in [2.05, 4.69) is 0 Å². The second-order valence-corrected chi connectivity index (χ2v) is 9.11. The Kier molecular flexibility index (Phi) is 6.49. The van der Waals surface area contributed by atoms with Crippen LogP contribution in [0.4, 0.5) is 0 Å². The number of aliphatic carboxylic acids is 1. The van der Waals surface area contributed by atoms with Crippen molar-refractivity contribution in [1.29, 1.82) is 0 Å². The third-order valence-electron chi connectivity index (χ3n) is 6.38. The summed E-state index contributed by atoms with van der Waals surface area (Å²) in [4.78, 5) is 29.2. The van der Waals surface area contributed by atoms with E-state index in [-0.39, 0.29) is 19.2 Å². The summed E-state index contributed by atoms with van der Waals surface area (Å²) in [6.45, 7) is 2.36. The van der Waals surface area contributed by atoms with Gasteiger partial charge in [-0.15, -0.1) is 0 Å². The van der Waals surface area contributed by atoms with Gasteiger partial charge >= 0.3 is 5.97 Å². The van der Waals surface area contributed by atoms with Gasteiger partial charge in [0.05, 0.1) is 12.3 Å². The molecule has 0 saturated heterocycles. The number of halogens is 1. The number of fused-ring (bicyclic) bond motifs is 2. The Morgan fingerprint density at radius 3 is 2.83 bits per heavy atom. The lowest BCUT2D eigenvalue weighted by atomic mass is 10.1. The van der Waals surface area contributed by atoms with Crippen LogP contribution in [0.2, 0.25) is 5.02 Å². The predicted molar refractivity (Wildman–Crippen MR) is 127 cm³/mol. The minimum absolute atomic E-state index is 0.149. The molecule has 3 aromatic rings. The Morgan fingerprint density at radius 1 is 1.17 bits per heavy atom. The SMILES string of the molecule is C[C@@H](OCc1ccc(Cl)c(CCn2c(C(=O)c3ccc4c(c3)OCO4)nc3c2CCC3)c1)C(=O)O. The van der Waals surface area contributed by atoms with E-state index in [1.165, 1.54) is 6.92 Å². The molecule has 1 aliphatic heterocycles. The molecule has 2 aromatic carbocycles. The molecule has 1 atom stereocenters. The van der Waals surface area contributed by atoms with Crippen LogP contribution >= 0.6 is 11.6 Å². The van der Waals surface area contributed by atoms with Gasteiger partial charge in [-0.25, -0.2) is 9.78 Å². The summed E-state index contributed by atoms with van der Waals surface area (Å²) in [5.74, 6) is 0.439. The smallest absolute Gasteiger partial charge is 0.332 e. The highest BCUT2D eigenvalue weighted by atomic mass is 35.5. The number of aromatic nitrogens is 2. The lowest BCUT2D eigenvalue weighted by Crippen LogP contribution is -2.19. The number of carbonyl (C=O) groups excluding carboxylic acids is 1. The summed E-state index contributed by atoms with van der Waals surface area (Å²) in [7, 11) is 0. The molecule has 1 aliphatic carbocycles. The van der Waals surface area contributed by atoms with Crippen LogP contribution in [-0.2, 0) is 41.9 Å². The van der Waals surface area contributed by atoms with Gasteiger partial charge in [-0.05, 0) is 68.0 Å². The molecule has 0 spiro atoms. The number of hydrogen-bond donors (Lipinski definition) is 1. The van der Waals surface area contributed by atoms with Crippen LogP contribution in [0.25, 0.3) is 0 Å². The molecule has 1 N–H and O–H groups in total. The minimum atomic E-state index is -1.01. The van der Waals surface area contributed by atoms with E-state index in [4.69, 9.17) is 35.9 Å². The average molecular weight is 497 g/mol. The highest BCUT2D eigenvalue weighted by molar-refractivity contribution is 6.31. The van der Waals surface area contributed by atoms with E-state index < -0.39 is 12.1 Å². The Bertz CT molecular complexity index is 1300. The van der Waals surface area contributed by atoms with Crippen molar-refractivity contribution in [2.24, 2.45) is 0 Å². The summed E-state index contributed by atoms with van der Waals surface area (Å²) in [5, 5.41) is 9.64. The molecule has 0 saturated carbocycles. The molecule has 5 rings (SSSR count). The summed E-state index contributed by atoms with van der Waals surface area (Å²) in [5.41, 5.74) is 4.32. The van der Waals surface area contributed by atoms with Crippen LogP contribution in [-0.4, -0.2) is 39.3 Å². The Morgan fingerprint density at radius 2 is 2.00 bits per heavy atom. The van der Waals surface area contributed by atoms with Crippen molar-refractivity contribution in [3.05, 3.63) is 75.3 Å². The second kappa shape index (κ2) is 9.71. The maximum Gasteiger partial charge on any atom is 0.332 e. The van der Waals surface area contributed by atoms with Crippen LogP contribution < -0.4 is 9.47 Å². The fourth-order valence-corrected chi connectivity index (χ4v) is 4.67. The maximum atomic E-state index is 13.4. The highest BCUT2D eigenvalue weighted by Gasteiger charge is 2.27. The molecule has 182 valence electrons. The first-order chi connectivity index (χ1) is 16.9. The number of imidazole rings is 1. The Balaban J connectivity index is 1.37. The number of aryl methyl sites for hydroxylation is 2. The zero-order valence-electron chi connectivity index (χ0n) is 19.3. The van der Waals surface area contributed by atoms with Crippen LogP contribution in [0.5, 0.6) is 11.5 Å². The largest absolute Gasteiger partial charge is 0.479 e. The molecule has 9 heteroatoms. The quantitative estimate of drug-likeness (QED) is 0.443. The van der Waals surface area contributed by atoms with E-state index >= 15 is 0 Å². The minimum Gasteiger partial charge on any atom is -0.479 e. The number of carboxylic acids is 1. The van der Waals surface area contributed by atoms with E-state index in [1.807, 2.05) is 16.7 Å². The average Bonchev–Trinajstić information content (AvgIpc) is 3.58. The van der Waals surface area contributed by atoms with Crippen molar-refractivity contribution < 1.29 is 28.9 Å². The zero-order chi connectivity index (χ0) is 24.5. The number of nitrogens with zero attached hydrogens (tertiary/aromatic N) is 2. The van der Waals surface area contributed by atoms with Crippen molar-refractivity contribution in [2.45, 2.75) is 51.9 Å². The first kappa shape index (κ1) is 23.4. The van der Waals surface area contributed by atoms with Gasteiger partial charge < -0.3 is 23.9 Å². The van der Waals surface area contributed by atoms with Gasteiger partial charge in [-0.1, -0.05) is 23.7 Å². The maximum absolute atomic E-state index is 13.4. The summed E-state index contributed by atoms with van der Waals surface area (Å²) >= 11 is 6.47. The molecule has 0 fully saturated rings. The number of ether oxygens (including phenoxy) is 3. The van der Waals surface area contributed by atoms with E-state index in [0.29, 0.717) is 40.9 Å². The fraction of sp³-hybridized carbons (Fsp3) is 0.346. The van der Waals surface area contributed by atoms with Gasteiger partial charge in [0.25, 0.3) is 0 Å². The first-order valence-electron chi connectivity index (χ1n) is 11.5. The van der Waals surface area contributed by atoms with Crippen LogP contribution in [0.3, 0.4) is 0 Å². The molecule has 35 heavy (non-hydrogen) atoms. The van der Waals surface area contributed by atoms with Crippen molar-refractivity contribution in [2.75, 3.05) is 6.79 Å². The standard InChI is InChI=1S/C26H25ClN2O6/c1-15(26(31)32)33-13-16-5-7-19(27)17(11-16)9-10-29-21-4-2-3-20(21)28-25(29)24(30)18-6-8-22-23(12-18)35-14-34-22/h5-8,11-12,15H,2-4,9-10,13-14H2,1H3,(H,31,32)/t15-/m1/s1. The Hall–Kier alpha value is -3.36. The third-order valence-corrected chi connectivity index (χ3v) is 6.75. The summed E-state index contributed by atoms with van der Waals surface area (Å²) in [6, 6.07) is 10.7. The van der Waals surface area contributed by atoms with Crippen molar-refractivity contribution >= 4 is 23.4 Å². The lowest BCUT2D eigenvalue weighted by molar-refractivity contribution is -0.149. The summed E-state index contributed by atoms with van der Waals surface area (Å²) in [6.07, 6.45) is 2.45. The number of ketones is 1. The normalized spacial score (nSPS) is 14.7. The number of carbonyl (C=O) groups is 2. The number of rotatable bonds is 9. The third kappa shape index (κ3) is 4.76. The number of benzene rings is 2. The highest BCUT2D eigenvalue weighted by Crippen LogP contribution is 2.34.